The van der Waals surface area contributed by atoms with Gasteiger partial charge in [-0.15, -0.1) is 0 Å². The van der Waals surface area contributed by atoms with E-state index in [1.165, 1.54) is 31.5 Å². The van der Waals surface area contributed by atoms with Gasteiger partial charge < -0.3 is 10.6 Å². The molecule has 0 aromatic heterocycles. The average molecular weight is 232 g/mol. The van der Waals surface area contributed by atoms with E-state index in [-0.39, 0.29) is 0 Å². The Morgan fingerprint density at radius 2 is 1.88 bits per heavy atom. The van der Waals surface area contributed by atoms with Gasteiger partial charge in [0.1, 0.15) is 0 Å². The molecule has 2 rings (SSSR count). The molecule has 0 aliphatic carbocycles. The maximum absolute atomic E-state index is 5.70. The Morgan fingerprint density at radius 3 is 2.59 bits per heavy atom. The monoisotopic (exact) mass is 232 g/mol. The van der Waals surface area contributed by atoms with E-state index in [4.69, 9.17) is 5.73 Å². The summed E-state index contributed by atoms with van der Waals surface area (Å²) in [4.78, 5) is 2.63. The number of anilines is 1. The van der Waals surface area contributed by atoms with Gasteiger partial charge in [0.25, 0.3) is 0 Å². The highest BCUT2D eigenvalue weighted by atomic mass is 15.2. The molecule has 1 saturated heterocycles. The third-order valence-corrected chi connectivity index (χ3v) is 3.91. The molecule has 2 nitrogen and oxygen atoms in total. The first-order valence-electron chi connectivity index (χ1n) is 6.73. The zero-order valence-corrected chi connectivity index (χ0v) is 11.0. The molecular formula is C15H24N2. The van der Waals surface area contributed by atoms with Crippen molar-refractivity contribution >= 4 is 5.69 Å². The fraction of sp³-hybridized carbons (Fsp3) is 0.600. The lowest BCUT2D eigenvalue weighted by atomic mass is 9.94. The Balaban J connectivity index is 1.86. The number of rotatable bonds is 3. The first kappa shape index (κ1) is 12.4. The molecule has 2 atom stereocenters. The molecule has 1 heterocycles. The van der Waals surface area contributed by atoms with E-state index in [0.717, 1.165) is 24.1 Å². The summed E-state index contributed by atoms with van der Waals surface area (Å²) in [6.45, 7) is 7.16. The number of likely N-dealkylation sites (tertiary alicyclic amines) is 1. The molecule has 0 bridgehead atoms. The molecule has 0 saturated carbocycles. The number of hydrogen-bond donors (Lipinski definition) is 1. The van der Waals surface area contributed by atoms with Crippen LogP contribution in [0.3, 0.4) is 0 Å². The van der Waals surface area contributed by atoms with E-state index in [0.29, 0.717) is 0 Å². The van der Waals surface area contributed by atoms with Crippen molar-refractivity contribution < 1.29 is 0 Å². The van der Waals surface area contributed by atoms with Crippen LogP contribution in [0.1, 0.15) is 32.3 Å². The van der Waals surface area contributed by atoms with Crippen molar-refractivity contribution in [1.29, 1.82) is 0 Å². The van der Waals surface area contributed by atoms with Gasteiger partial charge in [0.2, 0.25) is 0 Å². The number of nitrogen functional groups attached to an aromatic ring is 1. The van der Waals surface area contributed by atoms with E-state index >= 15 is 0 Å². The molecule has 2 heteroatoms. The van der Waals surface area contributed by atoms with Gasteiger partial charge in [-0.05, 0) is 49.8 Å². The Morgan fingerprint density at radius 1 is 1.18 bits per heavy atom. The molecule has 1 aromatic carbocycles. The standard InChI is InChI=1S/C15H24N2/c1-12-3-4-13(2)17(11-12)10-9-14-5-7-15(16)8-6-14/h5-8,12-13H,3-4,9-11,16H2,1-2H3. The SMILES string of the molecule is CC1CCC(C)N(CCc2ccc(N)cc2)C1. The second kappa shape index (κ2) is 5.54. The average Bonchev–Trinajstić information content (AvgIpc) is 2.32. The molecule has 1 aliphatic rings. The highest BCUT2D eigenvalue weighted by molar-refractivity contribution is 5.39. The molecular weight excluding hydrogens is 208 g/mol. The summed E-state index contributed by atoms with van der Waals surface area (Å²) in [5.41, 5.74) is 7.94. The van der Waals surface area contributed by atoms with Gasteiger partial charge in [-0.2, -0.15) is 0 Å². The molecule has 2 unspecified atom stereocenters. The van der Waals surface area contributed by atoms with Crippen LogP contribution in [0.25, 0.3) is 0 Å². The van der Waals surface area contributed by atoms with Gasteiger partial charge in [-0.1, -0.05) is 19.1 Å². The van der Waals surface area contributed by atoms with Crippen molar-refractivity contribution in [2.75, 3.05) is 18.8 Å². The number of piperidine rings is 1. The zero-order valence-electron chi connectivity index (χ0n) is 11.0. The van der Waals surface area contributed by atoms with Crippen molar-refractivity contribution in [1.82, 2.24) is 4.90 Å². The lowest BCUT2D eigenvalue weighted by Gasteiger charge is -2.36. The van der Waals surface area contributed by atoms with Crippen LogP contribution < -0.4 is 5.73 Å². The van der Waals surface area contributed by atoms with Crippen LogP contribution in [0.15, 0.2) is 24.3 Å². The van der Waals surface area contributed by atoms with Crippen LogP contribution in [0.5, 0.6) is 0 Å². The molecule has 1 aromatic rings. The van der Waals surface area contributed by atoms with Gasteiger partial charge in [-0.3, -0.25) is 0 Å². The summed E-state index contributed by atoms with van der Waals surface area (Å²) in [7, 11) is 0. The normalized spacial score (nSPS) is 26.0. The summed E-state index contributed by atoms with van der Waals surface area (Å²) >= 11 is 0. The summed E-state index contributed by atoms with van der Waals surface area (Å²) in [5, 5.41) is 0. The third-order valence-electron chi connectivity index (χ3n) is 3.91. The van der Waals surface area contributed by atoms with Gasteiger partial charge in [-0.25, -0.2) is 0 Å². The number of benzene rings is 1. The Kier molecular flexibility index (Phi) is 4.06. The van der Waals surface area contributed by atoms with Crippen molar-refractivity contribution in [3.63, 3.8) is 0 Å². The molecule has 1 fully saturated rings. The summed E-state index contributed by atoms with van der Waals surface area (Å²) < 4.78 is 0. The minimum atomic E-state index is 0.750. The molecule has 17 heavy (non-hydrogen) atoms. The van der Waals surface area contributed by atoms with E-state index in [9.17, 15) is 0 Å². The minimum absolute atomic E-state index is 0.750. The quantitative estimate of drug-likeness (QED) is 0.812. The van der Waals surface area contributed by atoms with Gasteiger partial charge in [0.15, 0.2) is 0 Å². The lowest BCUT2D eigenvalue weighted by molar-refractivity contribution is 0.126. The topological polar surface area (TPSA) is 29.3 Å². The first-order chi connectivity index (χ1) is 8.15. The van der Waals surface area contributed by atoms with Crippen molar-refractivity contribution in [3.05, 3.63) is 29.8 Å². The summed E-state index contributed by atoms with van der Waals surface area (Å²) in [6.07, 6.45) is 3.87. The molecule has 1 aliphatic heterocycles. The zero-order chi connectivity index (χ0) is 12.3. The maximum Gasteiger partial charge on any atom is 0.0314 e. The Hall–Kier alpha value is -1.02. The fourth-order valence-electron chi connectivity index (χ4n) is 2.65. The summed E-state index contributed by atoms with van der Waals surface area (Å²) in [6, 6.07) is 9.04. The van der Waals surface area contributed by atoms with Gasteiger partial charge in [0.05, 0.1) is 0 Å². The Bertz CT molecular complexity index is 344. The number of hydrogen-bond acceptors (Lipinski definition) is 2. The van der Waals surface area contributed by atoms with E-state index in [1.54, 1.807) is 0 Å². The van der Waals surface area contributed by atoms with Crippen LogP contribution in [-0.2, 0) is 6.42 Å². The molecule has 0 amide bonds. The van der Waals surface area contributed by atoms with Crippen LogP contribution in [0, 0.1) is 5.92 Å². The predicted molar refractivity (Wildman–Crippen MR) is 74.0 cm³/mol. The van der Waals surface area contributed by atoms with Crippen molar-refractivity contribution in [3.8, 4) is 0 Å². The van der Waals surface area contributed by atoms with Crippen LogP contribution >= 0.6 is 0 Å². The smallest absolute Gasteiger partial charge is 0.0314 e. The van der Waals surface area contributed by atoms with E-state index in [1.807, 2.05) is 12.1 Å². The fourth-order valence-corrected chi connectivity index (χ4v) is 2.65. The first-order valence-corrected chi connectivity index (χ1v) is 6.73. The predicted octanol–water partition coefficient (Wildman–Crippen LogP) is 2.93. The van der Waals surface area contributed by atoms with Gasteiger partial charge in [0, 0.05) is 24.8 Å². The molecule has 2 N–H and O–H groups in total. The number of nitrogens with two attached hydrogens (primary N) is 1. The maximum atomic E-state index is 5.70. The highest BCUT2D eigenvalue weighted by Gasteiger charge is 2.21. The van der Waals surface area contributed by atoms with E-state index < -0.39 is 0 Å². The van der Waals surface area contributed by atoms with Crippen molar-refractivity contribution in [2.24, 2.45) is 5.92 Å². The minimum Gasteiger partial charge on any atom is -0.399 e. The molecule has 0 spiro atoms. The van der Waals surface area contributed by atoms with Crippen LogP contribution in [0.2, 0.25) is 0 Å². The third kappa shape index (κ3) is 3.47. The largest absolute Gasteiger partial charge is 0.399 e. The lowest BCUT2D eigenvalue weighted by Crippen LogP contribution is -2.42. The van der Waals surface area contributed by atoms with E-state index in [2.05, 4.69) is 30.9 Å². The summed E-state index contributed by atoms with van der Waals surface area (Å²) in [5.74, 6) is 0.859. The van der Waals surface area contributed by atoms with Gasteiger partial charge >= 0.3 is 0 Å². The highest BCUT2D eigenvalue weighted by Crippen LogP contribution is 2.21. The Labute approximate surface area is 105 Å². The van der Waals surface area contributed by atoms with Crippen molar-refractivity contribution in [2.45, 2.75) is 39.2 Å². The molecule has 0 radical (unpaired) electrons. The van der Waals surface area contributed by atoms with Crippen LogP contribution in [-0.4, -0.2) is 24.0 Å². The molecule has 94 valence electrons. The number of nitrogens with zero attached hydrogens (tertiary/aromatic N) is 1. The second-order valence-corrected chi connectivity index (χ2v) is 5.52. The van der Waals surface area contributed by atoms with Crippen LogP contribution in [0.4, 0.5) is 5.69 Å². The second-order valence-electron chi connectivity index (χ2n) is 5.52.